The number of nitrogens with zero attached hydrogens (tertiary/aromatic N) is 3. The van der Waals surface area contributed by atoms with E-state index in [1.807, 2.05) is 0 Å². The van der Waals surface area contributed by atoms with E-state index in [2.05, 4.69) is 10.3 Å². The Morgan fingerprint density at radius 1 is 1.80 bits per heavy atom. The highest BCUT2D eigenvalue weighted by molar-refractivity contribution is 5.80. The van der Waals surface area contributed by atoms with E-state index in [9.17, 15) is 4.79 Å². The Morgan fingerprint density at radius 3 is 3.00 bits per heavy atom. The topological polar surface area (TPSA) is 60.3 Å². The van der Waals surface area contributed by atoms with Crippen LogP contribution < -0.4 is 4.74 Å². The van der Waals surface area contributed by atoms with E-state index in [4.69, 9.17) is 4.74 Å². The number of fused-ring (bicyclic) bond motifs is 1. The SMILES string of the molecule is CCC(=O)n1nnc2c1O2. The smallest absolute Gasteiger partial charge is 0.306 e. The predicted molar refractivity (Wildman–Crippen MR) is 31.0 cm³/mol. The van der Waals surface area contributed by atoms with Crippen LogP contribution in [0.3, 0.4) is 0 Å². The Labute approximate surface area is 56.6 Å². The average Bonchev–Trinajstić information content (AvgIpc) is 2.62. The molecule has 10 heavy (non-hydrogen) atoms. The number of carbonyl (C=O) groups excluding carboxylic acids is 1. The standard InChI is InChI=1S/C5H5N3O2/c1-2-3(9)8-5-4(10-5)6-7-8/h2H2,1H3. The first-order chi connectivity index (χ1) is 4.83. The van der Waals surface area contributed by atoms with Crippen LogP contribution in [0.1, 0.15) is 18.1 Å². The molecule has 1 aliphatic rings. The molecule has 2 rings (SSSR count). The summed E-state index contributed by atoms with van der Waals surface area (Å²) in [5, 5.41) is 7.10. The molecule has 0 saturated carbocycles. The van der Waals surface area contributed by atoms with Gasteiger partial charge in [-0.15, -0.1) is 4.68 Å². The lowest BCUT2D eigenvalue weighted by molar-refractivity contribution is 0.0885. The fourth-order valence-corrected chi connectivity index (χ4v) is 0.702. The number of ether oxygens (including phenoxy) is 1. The Balaban J connectivity index is 2.36. The second-order valence-corrected chi connectivity index (χ2v) is 1.96. The molecule has 0 saturated heterocycles. The van der Waals surface area contributed by atoms with Crippen molar-refractivity contribution in [3.63, 3.8) is 0 Å². The summed E-state index contributed by atoms with van der Waals surface area (Å²) in [7, 11) is 0. The van der Waals surface area contributed by atoms with Gasteiger partial charge >= 0.3 is 5.88 Å². The van der Waals surface area contributed by atoms with Crippen molar-refractivity contribution in [3.05, 3.63) is 0 Å². The summed E-state index contributed by atoms with van der Waals surface area (Å²) in [6.45, 7) is 1.76. The maximum atomic E-state index is 10.9. The Hall–Kier alpha value is -1.39. The van der Waals surface area contributed by atoms with E-state index in [1.54, 1.807) is 6.92 Å². The van der Waals surface area contributed by atoms with Crippen LogP contribution in [0.2, 0.25) is 0 Å². The van der Waals surface area contributed by atoms with E-state index in [0.717, 1.165) is 0 Å². The molecule has 0 unspecified atom stereocenters. The van der Waals surface area contributed by atoms with Crippen molar-refractivity contribution in [3.8, 4) is 11.8 Å². The first-order valence-electron chi connectivity index (χ1n) is 2.99. The lowest BCUT2D eigenvalue weighted by atomic mass is 10.5. The quantitative estimate of drug-likeness (QED) is 0.537. The van der Waals surface area contributed by atoms with Crippen LogP contribution in [0.15, 0.2) is 0 Å². The first-order valence-corrected chi connectivity index (χ1v) is 2.99. The summed E-state index contributed by atoms with van der Waals surface area (Å²) in [5.74, 6) is 0.875. The zero-order chi connectivity index (χ0) is 7.14. The average molecular weight is 139 g/mol. The minimum Gasteiger partial charge on any atom is -0.409 e. The number of aromatic nitrogens is 3. The van der Waals surface area contributed by atoms with Crippen LogP contribution in [0.25, 0.3) is 0 Å². The molecule has 5 heteroatoms. The van der Waals surface area contributed by atoms with Crippen LogP contribution >= 0.6 is 0 Å². The molecule has 0 fully saturated rings. The van der Waals surface area contributed by atoms with Crippen molar-refractivity contribution in [2.45, 2.75) is 13.3 Å². The van der Waals surface area contributed by atoms with Gasteiger partial charge in [-0.1, -0.05) is 17.2 Å². The van der Waals surface area contributed by atoms with Crippen LogP contribution in [-0.4, -0.2) is 20.9 Å². The van der Waals surface area contributed by atoms with Gasteiger partial charge in [-0.25, -0.2) is 0 Å². The zero-order valence-electron chi connectivity index (χ0n) is 5.37. The molecule has 1 aromatic rings. The maximum absolute atomic E-state index is 10.9. The largest absolute Gasteiger partial charge is 0.409 e. The molecule has 52 valence electrons. The predicted octanol–water partition coefficient (Wildman–Crippen LogP) is 0.434. The van der Waals surface area contributed by atoms with Gasteiger partial charge in [0.25, 0.3) is 11.8 Å². The zero-order valence-corrected chi connectivity index (χ0v) is 5.37. The van der Waals surface area contributed by atoms with Crippen molar-refractivity contribution in [2.24, 2.45) is 0 Å². The van der Waals surface area contributed by atoms with E-state index in [0.29, 0.717) is 18.2 Å². The second kappa shape index (κ2) is 1.56. The summed E-state index contributed by atoms with van der Waals surface area (Å²) < 4.78 is 5.94. The molecule has 0 spiro atoms. The van der Waals surface area contributed by atoms with E-state index >= 15 is 0 Å². The minimum atomic E-state index is -0.0914. The number of hydrogen-bond donors (Lipinski definition) is 0. The third-order valence-corrected chi connectivity index (χ3v) is 1.29. The third kappa shape index (κ3) is 0.541. The summed E-state index contributed by atoms with van der Waals surface area (Å²) in [4.78, 5) is 10.9. The minimum absolute atomic E-state index is 0.0914. The monoisotopic (exact) mass is 139 g/mol. The second-order valence-electron chi connectivity index (χ2n) is 1.96. The molecule has 0 aliphatic carbocycles. The molecule has 0 atom stereocenters. The fourth-order valence-electron chi connectivity index (χ4n) is 0.702. The summed E-state index contributed by atoms with van der Waals surface area (Å²) >= 11 is 0. The molecule has 1 aromatic heterocycles. The van der Waals surface area contributed by atoms with Gasteiger partial charge in [0, 0.05) is 6.42 Å². The molecule has 0 N–H and O–H groups in total. The lowest BCUT2D eigenvalue weighted by Gasteiger charge is -1.91. The number of carbonyl (C=O) groups is 1. The molecular formula is C5H5N3O2. The Morgan fingerprint density at radius 2 is 2.60 bits per heavy atom. The van der Waals surface area contributed by atoms with Gasteiger partial charge in [0.2, 0.25) is 0 Å². The van der Waals surface area contributed by atoms with Crippen LogP contribution in [0, 0.1) is 0 Å². The number of rotatable bonds is 1. The molecule has 0 bridgehead atoms. The van der Waals surface area contributed by atoms with Gasteiger partial charge in [0.05, 0.1) is 0 Å². The molecule has 0 amide bonds. The fraction of sp³-hybridized carbons (Fsp3) is 0.400. The van der Waals surface area contributed by atoms with Gasteiger partial charge < -0.3 is 4.74 Å². The van der Waals surface area contributed by atoms with Gasteiger partial charge in [0.15, 0.2) is 0 Å². The molecular weight excluding hydrogens is 134 g/mol. The highest BCUT2D eigenvalue weighted by Gasteiger charge is 2.32. The number of hydrogen-bond acceptors (Lipinski definition) is 4. The van der Waals surface area contributed by atoms with Crippen molar-refractivity contribution >= 4 is 5.91 Å². The van der Waals surface area contributed by atoms with Gasteiger partial charge in [0.1, 0.15) is 0 Å². The van der Waals surface area contributed by atoms with Crippen LogP contribution in [0.5, 0.6) is 11.8 Å². The van der Waals surface area contributed by atoms with E-state index in [1.165, 1.54) is 4.68 Å². The molecule has 1 aliphatic heterocycles. The third-order valence-electron chi connectivity index (χ3n) is 1.29. The van der Waals surface area contributed by atoms with Gasteiger partial charge in [-0.05, 0) is 0 Å². The highest BCUT2D eigenvalue weighted by atomic mass is 16.6. The van der Waals surface area contributed by atoms with E-state index in [-0.39, 0.29) is 5.91 Å². The van der Waals surface area contributed by atoms with Crippen molar-refractivity contribution < 1.29 is 9.53 Å². The Bertz CT molecular complexity index is 291. The molecule has 0 aromatic carbocycles. The Kier molecular flexibility index (Phi) is 0.841. The van der Waals surface area contributed by atoms with Gasteiger partial charge in [-0.2, -0.15) is 0 Å². The molecule has 5 nitrogen and oxygen atoms in total. The van der Waals surface area contributed by atoms with Crippen molar-refractivity contribution in [1.82, 2.24) is 15.0 Å². The molecule has 2 heterocycles. The molecule has 0 radical (unpaired) electrons. The van der Waals surface area contributed by atoms with Crippen LogP contribution in [-0.2, 0) is 0 Å². The summed E-state index contributed by atoms with van der Waals surface area (Å²) in [5.41, 5.74) is 0. The summed E-state index contributed by atoms with van der Waals surface area (Å²) in [6.07, 6.45) is 0.416. The highest BCUT2D eigenvalue weighted by Crippen LogP contribution is 2.41. The van der Waals surface area contributed by atoms with Crippen LogP contribution in [0.4, 0.5) is 0 Å². The van der Waals surface area contributed by atoms with Crippen molar-refractivity contribution in [1.29, 1.82) is 0 Å². The maximum Gasteiger partial charge on any atom is 0.306 e. The summed E-state index contributed by atoms with van der Waals surface area (Å²) in [6, 6.07) is 0. The first kappa shape index (κ1) is 5.40. The van der Waals surface area contributed by atoms with Gasteiger partial charge in [-0.3, -0.25) is 4.79 Å². The van der Waals surface area contributed by atoms with E-state index < -0.39 is 0 Å². The lowest BCUT2D eigenvalue weighted by Crippen LogP contribution is -2.10. The normalized spacial score (nSPS) is 12.1. The van der Waals surface area contributed by atoms with Crippen molar-refractivity contribution in [2.75, 3.05) is 0 Å².